The molecule has 0 aliphatic rings. The highest BCUT2D eigenvalue weighted by Crippen LogP contribution is 2.13. The summed E-state index contributed by atoms with van der Waals surface area (Å²) < 4.78 is 0.987. The second kappa shape index (κ2) is 9.95. The fourth-order valence-corrected chi connectivity index (χ4v) is 2.37. The molecule has 0 aliphatic heterocycles. The largest absolute Gasteiger partial charge is 1.00 e. The van der Waals surface area contributed by atoms with E-state index in [0.717, 1.165) is 30.7 Å². The predicted octanol–water partition coefficient (Wildman–Crippen LogP) is -0.260. The molecular formula is C17H27IN2O. The number of benzene rings is 1. The third kappa shape index (κ3) is 6.61. The quantitative estimate of drug-likeness (QED) is 0.363. The summed E-state index contributed by atoms with van der Waals surface area (Å²) in [5, 5.41) is 2.94. The summed E-state index contributed by atoms with van der Waals surface area (Å²) in [5.41, 5.74) is 1.92. The van der Waals surface area contributed by atoms with Gasteiger partial charge >= 0.3 is 0 Å². The van der Waals surface area contributed by atoms with Gasteiger partial charge < -0.3 is 33.8 Å². The number of amides is 1. The van der Waals surface area contributed by atoms with Crippen LogP contribution in [-0.4, -0.2) is 36.6 Å². The Morgan fingerprint density at radius 3 is 2.24 bits per heavy atom. The minimum Gasteiger partial charge on any atom is -1.00 e. The Labute approximate surface area is 146 Å². The van der Waals surface area contributed by atoms with Crippen LogP contribution in [0.3, 0.4) is 0 Å². The summed E-state index contributed by atoms with van der Waals surface area (Å²) >= 11 is 0. The van der Waals surface area contributed by atoms with Gasteiger partial charge in [0.1, 0.15) is 6.54 Å². The minimum absolute atomic E-state index is 0. The molecule has 0 unspecified atom stereocenters. The first-order valence-corrected chi connectivity index (χ1v) is 7.35. The zero-order valence-electron chi connectivity index (χ0n) is 13.4. The van der Waals surface area contributed by atoms with Gasteiger partial charge in [-0.1, -0.05) is 36.9 Å². The molecule has 1 aromatic rings. The topological polar surface area (TPSA) is 29.1 Å². The van der Waals surface area contributed by atoms with Crippen LogP contribution in [0.1, 0.15) is 26.3 Å². The first-order chi connectivity index (χ1) is 9.53. The van der Waals surface area contributed by atoms with Crippen molar-refractivity contribution in [3.8, 4) is 0 Å². The number of hydrogen-bond acceptors (Lipinski definition) is 1. The average Bonchev–Trinajstić information content (AvgIpc) is 2.47. The lowest BCUT2D eigenvalue weighted by molar-refractivity contribution is -0.936. The molecule has 0 aliphatic carbocycles. The van der Waals surface area contributed by atoms with Gasteiger partial charge in [0.25, 0.3) is 0 Å². The summed E-state index contributed by atoms with van der Waals surface area (Å²) in [7, 11) is 0. The second-order valence-corrected chi connectivity index (χ2v) is 5.38. The first-order valence-electron chi connectivity index (χ1n) is 7.35. The number of carbonyl (C=O) groups is 1. The van der Waals surface area contributed by atoms with Gasteiger partial charge in [0.2, 0.25) is 5.91 Å². The monoisotopic (exact) mass is 402 g/mol. The Balaban J connectivity index is 0.00000400. The van der Waals surface area contributed by atoms with Crippen LogP contribution < -0.4 is 29.3 Å². The van der Waals surface area contributed by atoms with Crippen molar-refractivity contribution in [2.24, 2.45) is 0 Å². The number of halogens is 1. The van der Waals surface area contributed by atoms with Crippen LogP contribution in [0.15, 0.2) is 42.5 Å². The molecule has 0 saturated heterocycles. The van der Waals surface area contributed by atoms with E-state index in [9.17, 15) is 4.79 Å². The highest BCUT2D eigenvalue weighted by atomic mass is 127. The number of nitrogens with one attached hydrogen (secondary N) is 1. The van der Waals surface area contributed by atoms with Crippen molar-refractivity contribution in [1.29, 1.82) is 0 Å². The maximum absolute atomic E-state index is 11.5. The van der Waals surface area contributed by atoms with Gasteiger partial charge in [-0.3, -0.25) is 4.79 Å². The van der Waals surface area contributed by atoms with Crippen molar-refractivity contribution in [3.05, 3.63) is 48.0 Å². The number of carbonyl (C=O) groups excluding carboxylic acids is 1. The van der Waals surface area contributed by atoms with E-state index in [4.69, 9.17) is 0 Å². The fourth-order valence-electron chi connectivity index (χ4n) is 2.37. The molecule has 118 valence electrons. The van der Waals surface area contributed by atoms with Crippen LogP contribution in [0.5, 0.6) is 0 Å². The van der Waals surface area contributed by atoms with E-state index in [1.165, 1.54) is 5.56 Å². The third-order valence-corrected chi connectivity index (χ3v) is 3.96. The molecule has 0 bridgehead atoms. The average molecular weight is 402 g/mol. The maximum atomic E-state index is 11.5. The van der Waals surface area contributed by atoms with E-state index in [1.807, 2.05) is 6.07 Å². The standard InChI is InChI=1S/C17H26N2O.HI/c1-5-19(6-2,13-12-18-17(20)15(3)4)14-16-10-8-7-9-11-16;/h7-11H,3,5-6,12-14H2,1-2,4H3;1H. The molecule has 4 heteroatoms. The lowest BCUT2D eigenvalue weighted by Gasteiger charge is -2.37. The fraction of sp³-hybridized carbons (Fsp3) is 0.471. The van der Waals surface area contributed by atoms with Gasteiger partial charge in [0.15, 0.2) is 0 Å². The zero-order chi connectivity index (χ0) is 15.0. The minimum atomic E-state index is -0.0463. The Morgan fingerprint density at radius 2 is 1.76 bits per heavy atom. The summed E-state index contributed by atoms with van der Waals surface area (Å²) in [6, 6.07) is 10.6. The number of nitrogens with zero attached hydrogens (tertiary/aromatic N) is 1. The summed E-state index contributed by atoms with van der Waals surface area (Å²) in [5.74, 6) is -0.0463. The Hall–Kier alpha value is -0.880. The molecule has 3 nitrogen and oxygen atoms in total. The van der Waals surface area contributed by atoms with Gasteiger partial charge in [0, 0.05) is 11.1 Å². The molecule has 0 atom stereocenters. The second-order valence-electron chi connectivity index (χ2n) is 5.38. The van der Waals surface area contributed by atoms with Crippen molar-refractivity contribution in [2.75, 3.05) is 26.2 Å². The smallest absolute Gasteiger partial charge is 0.246 e. The molecule has 0 saturated carbocycles. The van der Waals surface area contributed by atoms with E-state index in [1.54, 1.807) is 6.92 Å². The predicted molar refractivity (Wildman–Crippen MR) is 84.2 cm³/mol. The van der Waals surface area contributed by atoms with E-state index < -0.39 is 0 Å². The van der Waals surface area contributed by atoms with Crippen LogP contribution >= 0.6 is 0 Å². The number of hydrogen-bond donors (Lipinski definition) is 1. The molecule has 1 N–H and O–H groups in total. The molecule has 0 fully saturated rings. The number of likely N-dealkylation sites (N-methyl/N-ethyl adjacent to an activating group) is 1. The molecule has 21 heavy (non-hydrogen) atoms. The van der Waals surface area contributed by atoms with E-state index >= 15 is 0 Å². The number of rotatable bonds is 8. The maximum Gasteiger partial charge on any atom is 0.246 e. The van der Waals surface area contributed by atoms with E-state index in [0.29, 0.717) is 12.1 Å². The molecule has 1 aromatic carbocycles. The van der Waals surface area contributed by atoms with Gasteiger partial charge in [0.05, 0.1) is 26.2 Å². The first kappa shape index (κ1) is 20.1. The van der Waals surface area contributed by atoms with Gasteiger partial charge in [-0.05, 0) is 20.8 Å². The third-order valence-electron chi connectivity index (χ3n) is 3.96. The summed E-state index contributed by atoms with van der Waals surface area (Å²) in [6.45, 7) is 14.6. The molecule has 0 aromatic heterocycles. The van der Waals surface area contributed by atoms with Gasteiger partial charge in [-0.25, -0.2) is 0 Å². The highest BCUT2D eigenvalue weighted by molar-refractivity contribution is 5.92. The number of quaternary nitrogens is 1. The molecule has 0 spiro atoms. The zero-order valence-corrected chi connectivity index (χ0v) is 15.5. The van der Waals surface area contributed by atoms with Gasteiger partial charge in [-0.2, -0.15) is 0 Å². The molecule has 0 heterocycles. The van der Waals surface area contributed by atoms with E-state index in [-0.39, 0.29) is 29.9 Å². The lowest BCUT2D eigenvalue weighted by atomic mass is 10.1. The summed E-state index contributed by atoms with van der Waals surface area (Å²) in [6.07, 6.45) is 0. The Morgan fingerprint density at radius 1 is 1.19 bits per heavy atom. The van der Waals surface area contributed by atoms with Crippen molar-refractivity contribution in [3.63, 3.8) is 0 Å². The SMILES string of the molecule is C=C(C)C(=O)NCC[N+](CC)(CC)Cc1ccccc1.[I-]. The Kier molecular flexibility index (Phi) is 9.53. The normalized spacial score (nSPS) is 10.6. The van der Waals surface area contributed by atoms with Crippen LogP contribution in [0.25, 0.3) is 0 Å². The molecule has 1 amide bonds. The highest BCUT2D eigenvalue weighted by Gasteiger charge is 2.23. The van der Waals surface area contributed by atoms with Crippen LogP contribution in [0.4, 0.5) is 0 Å². The van der Waals surface area contributed by atoms with Crippen LogP contribution in [0.2, 0.25) is 0 Å². The van der Waals surface area contributed by atoms with Gasteiger partial charge in [-0.15, -0.1) is 0 Å². The van der Waals surface area contributed by atoms with Crippen molar-refractivity contribution >= 4 is 5.91 Å². The molecule has 0 radical (unpaired) electrons. The van der Waals surface area contributed by atoms with Crippen molar-refractivity contribution in [1.82, 2.24) is 5.32 Å². The van der Waals surface area contributed by atoms with Crippen LogP contribution in [-0.2, 0) is 11.3 Å². The van der Waals surface area contributed by atoms with Crippen molar-refractivity contribution < 1.29 is 33.3 Å². The molecule has 1 rings (SSSR count). The molecular weight excluding hydrogens is 375 g/mol. The van der Waals surface area contributed by atoms with E-state index in [2.05, 4.69) is 50.0 Å². The van der Waals surface area contributed by atoms with Crippen LogP contribution in [0, 0.1) is 0 Å². The van der Waals surface area contributed by atoms with Crippen molar-refractivity contribution in [2.45, 2.75) is 27.3 Å². The summed E-state index contributed by atoms with van der Waals surface area (Å²) in [4.78, 5) is 11.5. The lowest BCUT2D eigenvalue weighted by Crippen LogP contribution is -3.00. The Bertz CT molecular complexity index is 441.